The zero-order valence-corrected chi connectivity index (χ0v) is 8.90. The van der Waals surface area contributed by atoms with Crippen molar-refractivity contribution in [2.75, 3.05) is 0 Å². The van der Waals surface area contributed by atoms with Gasteiger partial charge in [0.05, 0.1) is 12.7 Å². The summed E-state index contributed by atoms with van der Waals surface area (Å²) in [6.45, 7) is 3.45. The highest BCUT2D eigenvalue weighted by Crippen LogP contribution is 2.15. The molecule has 1 rings (SSSR count). The van der Waals surface area contributed by atoms with Crippen LogP contribution in [0.5, 0.6) is 0 Å². The predicted molar refractivity (Wildman–Crippen MR) is 53.4 cm³/mol. The van der Waals surface area contributed by atoms with Crippen LogP contribution in [0, 0.1) is 0 Å². The monoisotopic (exact) mass is 214 g/mol. The molecule has 0 aromatic carbocycles. The average Bonchev–Trinajstić information content (AvgIpc) is 2.46. The SMILES string of the molecule is CC(C)(F)CCn1cncc1CC(=O)O. The Hall–Kier alpha value is -1.39. The molecular formula is C10H15FN2O2. The minimum Gasteiger partial charge on any atom is -0.481 e. The summed E-state index contributed by atoms with van der Waals surface area (Å²) >= 11 is 0. The number of imidazole rings is 1. The Morgan fingerprint density at radius 1 is 1.67 bits per heavy atom. The molecular weight excluding hydrogens is 199 g/mol. The molecule has 4 nitrogen and oxygen atoms in total. The number of alkyl halides is 1. The zero-order valence-electron chi connectivity index (χ0n) is 8.90. The van der Waals surface area contributed by atoms with Crippen LogP contribution >= 0.6 is 0 Å². The second-order valence-electron chi connectivity index (χ2n) is 4.12. The van der Waals surface area contributed by atoms with E-state index in [4.69, 9.17) is 5.11 Å². The van der Waals surface area contributed by atoms with Gasteiger partial charge in [0, 0.05) is 18.4 Å². The lowest BCUT2D eigenvalue weighted by Gasteiger charge is -2.15. The minimum atomic E-state index is -1.25. The molecule has 0 unspecified atom stereocenters. The lowest BCUT2D eigenvalue weighted by molar-refractivity contribution is -0.136. The van der Waals surface area contributed by atoms with Crippen molar-refractivity contribution in [3.63, 3.8) is 0 Å². The van der Waals surface area contributed by atoms with E-state index in [1.54, 1.807) is 4.57 Å². The number of halogens is 1. The van der Waals surface area contributed by atoms with Gasteiger partial charge in [0.25, 0.3) is 0 Å². The molecule has 0 bridgehead atoms. The van der Waals surface area contributed by atoms with Crippen molar-refractivity contribution >= 4 is 5.97 Å². The molecule has 1 aromatic rings. The fraction of sp³-hybridized carbons (Fsp3) is 0.600. The summed E-state index contributed by atoms with van der Waals surface area (Å²) in [7, 11) is 0. The summed E-state index contributed by atoms with van der Waals surface area (Å²) in [6, 6.07) is 0. The van der Waals surface area contributed by atoms with Gasteiger partial charge in [0.2, 0.25) is 0 Å². The van der Waals surface area contributed by atoms with Crippen LogP contribution in [-0.4, -0.2) is 26.3 Å². The lowest BCUT2D eigenvalue weighted by atomic mass is 10.1. The molecule has 0 saturated heterocycles. The highest BCUT2D eigenvalue weighted by molar-refractivity contribution is 5.69. The first-order chi connectivity index (χ1) is 6.88. The zero-order chi connectivity index (χ0) is 11.5. The Morgan fingerprint density at radius 3 is 2.87 bits per heavy atom. The molecule has 15 heavy (non-hydrogen) atoms. The molecule has 0 fully saturated rings. The van der Waals surface area contributed by atoms with Gasteiger partial charge in [-0.2, -0.15) is 0 Å². The molecule has 0 spiro atoms. The van der Waals surface area contributed by atoms with Crippen LogP contribution in [-0.2, 0) is 17.8 Å². The number of hydrogen-bond donors (Lipinski definition) is 1. The van der Waals surface area contributed by atoms with Gasteiger partial charge >= 0.3 is 5.97 Å². The Balaban J connectivity index is 2.61. The fourth-order valence-corrected chi connectivity index (χ4v) is 1.24. The number of carboxylic acid groups (broad SMARTS) is 1. The highest BCUT2D eigenvalue weighted by Gasteiger charge is 2.16. The third kappa shape index (κ3) is 4.10. The van der Waals surface area contributed by atoms with Crippen LogP contribution in [0.2, 0.25) is 0 Å². The standard InChI is InChI=1S/C10H15FN2O2/c1-10(2,11)3-4-13-7-12-6-8(13)5-9(14)15/h6-7H,3-5H2,1-2H3,(H,14,15). The molecule has 0 aliphatic heterocycles. The van der Waals surface area contributed by atoms with Crippen molar-refractivity contribution in [2.24, 2.45) is 0 Å². The van der Waals surface area contributed by atoms with Crippen molar-refractivity contribution in [1.29, 1.82) is 0 Å². The van der Waals surface area contributed by atoms with Crippen molar-refractivity contribution in [3.8, 4) is 0 Å². The lowest BCUT2D eigenvalue weighted by Crippen LogP contribution is -2.17. The van der Waals surface area contributed by atoms with Gasteiger partial charge in [-0.05, 0) is 20.3 Å². The third-order valence-electron chi connectivity index (χ3n) is 2.08. The summed E-state index contributed by atoms with van der Waals surface area (Å²) in [5.41, 5.74) is -0.642. The second kappa shape index (κ2) is 4.42. The van der Waals surface area contributed by atoms with Gasteiger partial charge < -0.3 is 9.67 Å². The Morgan fingerprint density at radius 2 is 2.33 bits per heavy atom. The molecule has 0 amide bonds. The molecule has 0 radical (unpaired) electrons. The molecule has 1 heterocycles. The van der Waals surface area contributed by atoms with Crippen LogP contribution in [0.25, 0.3) is 0 Å². The normalized spacial score (nSPS) is 11.7. The summed E-state index contributed by atoms with van der Waals surface area (Å²) in [5, 5.41) is 8.62. The van der Waals surface area contributed by atoms with E-state index in [1.165, 1.54) is 26.4 Å². The number of rotatable bonds is 5. The average molecular weight is 214 g/mol. The molecule has 1 N–H and O–H groups in total. The Labute approximate surface area is 87.7 Å². The van der Waals surface area contributed by atoms with Crippen molar-refractivity contribution in [1.82, 2.24) is 9.55 Å². The molecule has 84 valence electrons. The first-order valence-corrected chi connectivity index (χ1v) is 4.78. The van der Waals surface area contributed by atoms with Crippen LogP contribution in [0.4, 0.5) is 4.39 Å². The largest absolute Gasteiger partial charge is 0.481 e. The quantitative estimate of drug-likeness (QED) is 0.810. The number of aryl methyl sites for hydroxylation is 1. The Bertz CT molecular complexity index is 341. The summed E-state index contributed by atoms with van der Waals surface area (Å²) in [5.74, 6) is -0.906. The maximum absolute atomic E-state index is 13.2. The van der Waals surface area contributed by atoms with E-state index in [0.717, 1.165) is 0 Å². The van der Waals surface area contributed by atoms with E-state index in [1.807, 2.05) is 0 Å². The van der Waals surface area contributed by atoms with E-state index in [0.29, 0.717) is 18.7 Å². The van der Waals surface area contributed by atoms with Gasteiger partial charge in [-0.15, -0.1) is 0 Å². The van der Waals surface area contributed by atoms with Gasteiger partial charge in [0.15, 0.2) is 0 Å². The van der Waals surface area contributed by atoms with Crippen LogP contribution in [0.3, 0.4) is 0 Å². The number of nitrogens with zero attached hydrogens (tertiary/aromatic N) is 2. The molecule has 0 aliphatic carbocycles. The maximum Gasteiger partial charge on any atom is 0.309 e. The number of aromatic nitrogens is 2. The van der Waals surface area contributed by atoms with Gasteiger partial charge in [-0.25, -0.2) is 9.37 Å². The van der Waals surface area contributed by atoms with E-state index in [-0.39, 0.29) is 6.42 Å². The number of carboxylic acids is 1. The van der Waals surface area contributed by atoms with Gasteiger partial charge in [-0.3, -0.25) is 4.79 Å². The fourth-order valence-electron chi connectivity index (χ4n) is 1.24. The van der Waals surface area contributed by atoms with Crippen LogP contribution < -0.4 is 0 Å². The van der Waals surface area contributed by atoms with Gasteiger partial charge in [0.1, 0.15) is 5.67 Å². The van der Waals surface area contributed by atoms with Crippen LogP contribution in [0.1, 0.15) is 26.0 Å². The van der Waals surface area contributed by atoms with Crippen molar-refractivity contribution in [2.45, 2.75) is 38.9 Å². The minimum absolute atomic E-state index is 0.0767. The van der Waals surface area contributed by atoms with E-state index >= 15 is 0 Å². The molecule has 5 heteroatoms. The number of hydrogen-bond acceptors (Lipinski definition) is 2. The number of aliphatic carboxylic acids is 1. The predicted octanol–water partition coefficient (Wildman–Crippen LogP) is 1.65. The van der Waals surface area contributed by atoms with Crippen molar-refractivity contribution < 1.29 is 14.3 Å². The van der Waals surface area contributed by atoms with Crippen molar-refractivity contribution in [3.05, 3.63) is 18.2 Å². The Kier molecular flexibility index (Phi) is 3.44. The molecule has 1 aromatic heterocycles. The summed E-state index contributed by atoms with van der Waals surface area (Å²) < 4.78 is 14.9. The molecule has 0 saturated carbocycles. The van der Waals surface area contributed by atoms with Gasteiger partial charge in [-0.1, -0.05) is 0 Å². The molecule has 0 atom stereocenters. The molecule has 0 aliphatic rings. The highest BCUT2D eigenvalue weighted by atomic mass is 19.1. The first-order valence-electron chi connectivity index (χ1n) is 4.78. The van der Waals surface area contributed by atoms with E-state index in [2.05, 4.69) is 4.98 Å². The summed E-state index contributed by atoms with van der Waals surface area (Å²) in [4.78, 5) is 14.4. The maximum atomic E-state index is 13.2. The third-order valence-corrected chi connectivity index (χ3v) is 2.08. The second-order valence-corrected chi connectivity index (χ2v) is 4.12. The topological polar surface area (TPSA) is 55.1 Å². The van der Waals surface area contributed by atoms with E-state index < -0.39 is 11.6 Å². The first kappa shape index (κ1) is 11.7. The number of carbonyl (C=O) groups is 1. The van der Waals surface area contributed by atoms with E-state index in [9.17, 15) is 9.18 Å². The smallest absolute Gasteiger partial charge is 0.309 e. The summed E-state index contributed by atoms with van der Waals surface area (Å²) in [6.07, 6.45) is 3.30. The van der Waals surface area contributed by atoms with Crippen LogP contribution in [0.15, 0.2) is 12.5 Å².